The van der Waals surface area contributed by atoms with Crippen LogP contribution in [0.3, 0.4) is 0 Å². The van der Waals surface area contributed by atoms with Crippen molar-refractivity contribution < 1.29 is 19.7 Å². The third-order valence-corrected chi connectivity index (χ3v) is 1.40. The minimum Gasteiger partial charge on any atom is -0.455 e. The van der Waals surface area contributed by atoms with Crippen molar-refractivity contribution in [3.63, 3.8) is 0 Å². The van der Waals surface area contributed by atoms with Crippen LogP contribution >= 0.6 is 0 Å². The van der Waals surface area contributed by atoms with E-state index in [4.69, 9.17) is 14.9 Å². The van der Waals surface area contributed by atoms with E-state index in [-0.39, 0.29) is 6.42 Å². The van der Waals surface area contributed by atoms with Gasteiger partial charge < -0.3 is 14.9 Å². The predicted octanol–water partition coefficient (Wildman–Crippen LogP) is 0.00250. The van der Waals surface area contributed by atoms with Crippen LogP contribution in [0.2, 0.25) is 0 Å². The predicted molar refractivity (Wildman–Crippen MR) is 47.0 cm³/mol. The van der Waals surface area contributed by atoms with Crippen LogP contribution in [0.5, 0.6) is 0 Å². The van der Waals surface area contributed by atoms with Crippen LogP contribution in [0.4, 0.5) is 0 Å². The molecule has 0 fully saturated rings. The number of aliphatic hydroxyl groups excluding tert-OH is 2. The Kier molecular flexibility index (Phi) is 5.89. The van der Waals surface area contributed by atoms with E-state index in [1.54, 1.807) is 6.92 Å². The van der Waals surface area contributed by atoms with E-state index in [2.05, 4.69) is 12.3 Å². The van der Waals surface area contributed by atoms with Gasteiger partial charge in [0, 0.05) is 12.5 Å². The molecule has 0 aliphatic carbocycles. The van der Waals surface area contributed by atoms with Crippen LogP contribution in [0.25, 0.3) is 0 Å². The maximum absolute atomic E-state index is 10.8. The van der Waals surface area contributed by atoms with Crippen molar-refractivity contribution in [1.29, 1.82) is 0 Å². The maximum Gasteiger partial charge on any atom is 0.306 e. The summed E-state index contributed by atoms with van der Waals surface area (Å²) in [6.07, 6.45) is -0.464. The van der Waals surface area contributed by atoms with Gasteiger partial charge in [-0.2, -0.15) is 0 Å². The van der Waals surface area contributed by atoms with Crippen molar-refractivity contribution in [2.75, 3.05) is 6.61 Å². The Balaban J connectivity index is 4.25. The van der Waals surface area contributed by atoms with E-state index in [9.17, 15) is 4.79 Å². The molecule has 4 nitrogen and oxygen atoms in total. The summed E-state index contributed by atoms with van der Waals surface area (Å²) in [6.45, 7) is 4.45. The number of aliphatic hydroxyl groups is 2. The molecule has 0 saturated carbocycles. The number of hydrogen-bond donors (Lipinski definition) is 2. The van der Waals surface area contributed by atoms with Crippen molar-refractivity contribution in [3.8, 4) is 0 Å². The molecule has 0 aliphatic rings. The number of rotatable bonds is 5. The molecule has 0 spiro atoms. The molecule has 4 heteroatoms. The van der Waals surface area contributed by atoms with Crippen LogP contribution in [0, 0.1) is 0 Å². The lowest BCUT2D eigenvalue weighted by Crippen LogP contribution is -2.32. The van der Waals surface area contributed by atoms with Crippen LogP contribution in [-0.2, 0) is 9.53 Å². The van der Waals surface area contributed by atoms with Gasteiger partial charge in [0.15, 0.2) is 6.10 Å². The van der Waals surface area contributed by atoms with Crippen molar-refractivity contribution in [2.24, 2.45) is 0 Å². The highest BCUT2D eigenvalue weighted by molar-refractivity contribution is 5.69. The van der Waals surface area contributed by atoms with E-state index < -0.39 is 24.8 Å². The topological polar surface area (TPSA) is 66.8 Å². The Hall–Kier alpha value is -1.09. The Morgan fingerprint density at radius 2 is 2.38 bits per heavy atom. The summed E-state index contributed by atoms with van der Waals surface area (Å²) in [5.41, 5.74) is 2.39. The first-order valence-corrected chi connectivity index (χ1v) is 4.00. The van der Waals surface area contributed by atoms with Crippen molar-refractivity contribution in [3.05, 3.63) is 18.4 Å². The Morgan fingerprint density at radius 1 is 1.77 bits per heavy atom. The fraction of sp³-hybridized carbons (Fsp3) is 0.556. The summed E-state index contributed by atoms with van der Waals surface area (Å²) >= 11 is 0. The molecule has 0 radical (unpaired) electrons. The first-order chi connectivity index (χ1) is 6.15. The maximum atomic E-state index is 10.8. The van der Waals surface area contributed by atoms with Gasteiger partial charge in [0.25, 0.3) is 0 Å². The average Bonchev–Trinajstić information content (AvgIpc) is 2.15. The van der Waals surface area contributed by atoms with Gasteiger partial charge in [0.1, 0.15) is 6.10 Å². The minimum absolute atomic E-state index is 0.222. The quantitative estimate of drug-likeness (QED) is 0.468. The van der Waals surface area contributed by atoms with E-state index >= 15 is 0 Å². The number of ether oxygens (including phenoxy) is 1. The molecule has 13 heavy (non-hydrogen) atoms. The number of esters is 1. The van der Waals surface area contributed by atoms with Crippen molar-refractivity contribution >= 4 is 5.97 Å². The van der Waals surface area contributed by atoms with Crippen LogP contribution < -0.4 is 0 Å². The second-order valence-corrected chi connectivity index (χ2v) is 2.43. The number of carbonyl (C=O) groups is 1. The molecule has 2 atom stereocenters. The number of carbonyl (C=O) groups excluding carboxylic acids is 1. The highest BCUT2D eigenvalue weighted by Crippen LogP contribution is 2.02. The molecule has 0 bridgehead atoms. The molecule has 0 heterocycles. The zero-order valence-electron chi connectivity index (χ0n) is 7.56. The molecule has 0 saturated heterocycles. The van der Waals surface area contributed by atoms with Crippen molar-refractivity contribution in [2.45, 2.75) is 25.6 Å². The van der Waals surface area contributed by atoms with Crippen molar-refractivity contribution in [1.82, 2.24) is 0 Å². The monoisotopic (exact) mass is 186 g/mol. The van der Waals surface area contributed by atoms with Gasteiger partial charge in [-0.25, -0.2) is 0 Å². The normalized spacial score (nSPS) is 14.1. The molecule has 0 aromatic heterocycles. The van der Waals surface area contributed by atoms with E-state index in [0.29, 0.717) is 0 Å². The minimum atomic E-state index is -1.12. The van der Waals surface area contributed by atoms with Gasteiger partial charge in [-0.1, -0.05) is 13.5 Å². The van der Waals surface area contributed by atoms with Gasteiger partial charge in [-0.05, 0) is 0 Å². The molecule has 0 rings (SSSR count). The second-order valence-electron chi connectivity index (χ2n) is 2.43. The second kappa shape index (κ2) is 6.43. The Bertz CT molecular complexity index is 206. The lowest BCUT2D eigenvalue weighted by Gasteiger charge is -2.17. The van der Waals surface area contributed by atoms with Gasteiger partial charge in [-0.3, -0.25) is 4.79 Å². The molecule has 0 aliphatic heterocycles. The summed E-state index contributed by atoms with van der Waals surface area (Å²) in [6, 6.07) is 0. The molecule has 74 valence electrons. The summed E-state index contributed by atoms with van der Waals surface area (Å²) in [5, 5.41) is 17.8. The molecular formula is C9H14O4. The summed E-state index contributed by atoms with van der Waals surface area (Å²) < 4.78 is 4.79. The standard InChI is InChI=1S/C9H14O4/c1-3-5-8(7(11)6-10)13-9(12)4-2/h5,7-8,10-11H,1,4,6H2,2H3. The van der Waals surface area contributed by atoms with Crippen LogP contribution in [0.15, 0.2) is 18.4 Å². The summed E-state index contributed by atoms with van der Waals surface area (Å²) in [5.74, 6) is -0.441. The van der Waals surface area contributed by atoms with E-state index in [0.717, 1.165) is 0 Å². The molecule has 0 aromatic carbocycles. The number of hydrogen-bond acceptors (Lipinski definition) is 4. The highest BCUT2D eigenvalue weighted by Gasteiger charge is 2.18. The summed E-state index contributed by atoms with van der Waals surface area (Å²) in [7, 11) is 0. The van der Waals surface area contributed by atoms with Crippen LogP contribution in [-0.4, -0.2) is 35.0 Å². The molecule has 0 amide bonds. The SMILES string of the molecule is C=C=CC(OC(=O)CC)C(O)CO. The lowest BCUT2D eigenvalue weighted by atomic mass is 10.2. The largest absolute Gasteiger partial charge is 0.455 e. The third-order valence-electron chi connectivity index (χ3n) is 1.40. The zero-order chi connectivity index (χ0) is 10.3. The van der Waals surface area contributed by atoms with E-state index in [1.165, 1.54) is 6.08 Å². The fourth-order valence-electron chi connectivity index (χ4n) is 0.679. The Morgan fingerprint density at radius 3 is 2.77 bits per heavy atom. The Labute approximate surface area is 77.1 Å². The van der Waals surface area contributed by atoms with Gasteiger partial charge in [0.2, 0.25) is 0 Å². The fourth-order valence-corrected chi connectivity index (χ4v) is 0.679. The zero-order valence-corrected chi connectivity index (χ0v) is 7.56. The van der Waals surface area contributed by atoms with E-state index in [1.807, 2.05) is 0 Å². The van der Waals surface area contributed by atoms with Gasteiger partial charge in [0.05, 0.1) is 6.61 Å². The average molecular weight is 186 g/mol. The highest BCUT2D eigenvalue weighted by atomic mass is 16.6. The molecule has 2 N–H and O–H groups in total. The van der Waals surface area contributed by atoms with Gasteiger partial charge in [-0.15, -0.1) is 5.73 Å². The van der Waals surface area contributed by atoms with Gasteiger partial charge >= 0.3 is 5.97 Å². The molecule has 2 unspecified atom stereocenters. The first-order valence-electron chi connectivity index (χ1n) is 4.00. The third kappa shape index (κ3) is 4.48. The molecular weight excluding hydrogens is 172 g/mol. The lowest BCUT2D eigenvalue weighted by molar-refractivity contribution is -0.152. The smallest absolute Gasteiger partial charge is 0.306 e. The molecule has 0 aromatic rings. The van der Waals surface area contributed by atoms with Crippen LogP contribution in [0.1, 0.15) is 13.3 Å². The first kappa shape index (κ1) is 11.9. The summed E-state index contributed by atoms with van der Waals surface area (Å²) in [4.78, 5) is 10.8.